The van der Waals surface area contributed by atoms with Crippen LogP contribution in [-0.2, 0) is 11.3 Å². The predicted molar refractivity (Wildman–Crippen MR) is 79.7 cm³/mol. The van der Waals surface area contributed by atoms with Crippen LogP contribution in [-0.4, -0.2) is 19.6 Å². The zero-order valence-corrected chi connectivity index (χ0v) is 11.7. The Hall–Kier alpha value is -2.56. The highest BCUT2D eigenvalue weighted by Crippen LogP contribution is 2.16. The van der Waals surface area contributed by atoms with Crippen LogP contribution in [0.1, 0.15) is 5.56 Å². The van der Waals surface area contributed by atoms with Gasteiger partial charge in [-0.15, -0.1) is 0 Å². The minimum Gasteiger partial charge on any atom is -0.496 e. The van der Waals surface area contributed by atoms with Gasteiger partial charge in [0.05, 0.1) is 13.7 Å². The molecule has 0 fully saturated rings. The van der Waals surface area contributed by atoms with Crippen LogP contribution in [0.15, 0.2) is 48.5 Å². The van der Waals surface area contributed by atoms with Crippen LogP contribution in [0.5, 0.6) is 5.75 Å². The molecule has 5 heteroatoms. The van der Waals surface area contributed by atoms with Gasteiger partial charge in [-0.2, -0.15) is 0 Å². The predicted octanol–water partition coefficient (Wildman–Crippen LogP) is 2.56. The first kappa shape index (κ1) is 14.8. The Morgan fingerprint density at radius 1 is 1.19 bits per heavy atom. The van der Waals surface area contributed by atoms with E-state index in [0.717, 1.165) is 11.3 Å². The SMILES string of the molecule is COc1ccccc1CNC(=O)CNc1cccc(F)c1. The number of benzene rings is 2. The minimum atomic E-state index is -0.338. The third-order valence-corrected chi connectivity index (χ3v) is 2.95. The number of hydrogen-bond acceptors (Lipinski definition) is 3. The first-order valence-electron chi connectivity index (χ1n) is 6.57. The van der Waals surface area contributed by atoms with Gasteiger partial charge in [-0.1, -0.05) is 24.3 Å². The number of amides is 1. The van der Waals surface area contributed by atoms with E-state index in [9.17, 15) is 9.18 Å². The summed E-state index contributed by atoms with van der Waals surface area (Å²) in [7, 11) is 1.59. The number of para-hydroxylation sites is 1. The third-order valence-electron chi connectivity index (χ3n) is 2.95. The lowest BCUT2D eigenvalue weighted by Crippen LogP contribution is -2.29. The fraction of sp³-hybridized carbons (Fsp3) is 0.188. The maximum atomic E-state index is 13.0. The van der Waals surface area contributed by atoms with Crippen molar-refractivity contribution in [3.63, 3.8) is 0 Å². The van der Waals surface area contributed by atoms with Gasteiger partial charge in [0.15, 0.2) is 0 Å². The average molecular weight is 288 g/mol. The number of carbonyl (C=O) groups is 1. The number of methoxy groups -OCH3 is 1. The monoisotopic (exact) mass is 288 g/mol. The van der Waals surface area contributed by atoms with Crippen molar-refractivity contribution < 1.29 is 13.9 Å². The largest absolute Gasteiger partial charge is 0.496 e. The summed E-state index contributed by atoms with van der Waals surface area (Å²) in [6.45, 7) is 0.465. The van der Waals surface area contributed by atoms with E-state index < -0.39 is 0 Å². The van der Waals surface area contributed by atoms with Gasteiger partial charge in [0.1, 0.15) is 11.6 Å². The first-order valence-corrected chi connectivity index (χ1v) is 6.57. The number of rotatable bonds is 6. The smallest absolute Gasteiger partial charge is 0.239 e. The fourth-order valence-electron chi connectivity index (χ4n) is 1.89. The summed E-state index contributed by atoms with van der Waals surface area (Å²) < 4.78 is 18.2. The molecule has 0 atom stereocenters. The molecule has 0 aliphatic heterocycles. The molecule has 0 heterocycles. The van der Waals surface area contributed by atoms with Crippen molar-refractivity contribution in [1.29, 1.82) is 0 Å². The number of halogens is 1. The molecule has 0 radical (unpaired) electrons. The van der Waals surface area contributed by atoms with Gasteiger partial charge in [-0.3, -0.25) is 4.79 Å². The van der Waals surface area contributed by atoms with E-state index in [4.69, 9.17) is 4.74 Å². The molecule has 0 unspecified atom stereocenters. The molecular formula is C16H17FN2O2. The number of hydrogen-bond donors (Lipinski definition) is 2. The van der Waals surface area contributed by atoms with Crippen LogP contribution in [0.4, 0.5) is 10.1 Å². The molecule has 0 saturated heterocycles. The topological polar surface area (TPSA) is 50.4 Å². The molecule has 0 spiro atoms. The summed E-state index contributed by atoms with van der Waals surface area (Å²) in [6, 6.07) is 13.5. The van der Waals surface area contributed by atoms with Crippen molar-refractivity contribution in [2.45, 2.75) is 6.54 Å². The Balaban J connectivity index is 1.82. The molecule has 2 rings (SSSR count). The van der Waals surface area contributed by atoms with Crippen molar-refractivity contribution in [2.24, 2.45) is 0 Å². The summed E-state index contributed by atoms with van der Waals surface area (Å²) >= 11 is 0. The van der Waals surface area contributed by atoms with Crippen LogP contribution in [0.2, 0.25) is 0 Å². The van der Waals surface area contributed by atoms with Crippen LogP contribution in [0.25, 0.3) is 0 Å². The number of carbonyl (C=O) groups excluding carboxylic acids is 1. The lowest BCUT2D eigenvalue weighted by molar-refractivity contribution is -0.119. The molecule has 2 aromatic carbocycles. The Morgan fingerprint density at radius 2 is 2.00 bits per heavy atom. The van der Waals surface area contributed by atoms with E-state index in [1.807, 2.05) is 24.3 Å². The van der Waals surface area contributed by atoms with Gasteiger partial charge >= 0.3 is 0 Å². The Bertz CT molecular complexity index is 617. The molecule has 110 valence electrons. The highest BCUT2D eigenvalue weighted by Gasteiger charge is 2.05. The van der Waals surface area contributed by atoms with Gasteiger partial charge in [-0.25, -0.2) is 4.39 Å². The maximum Gasteiger partial charge on any atom is 0.239 e. The zero-order chi connectivity index (χ0) is 15.1. The quantitative estimate of drug-likeness (QED) is 0.859. The van der Waals surface area contributed by atoms with Gasteiger partial charge in [-0.05, 0) is 24.3 Å². The molecule has 4 nitrogen and oxygen atoms in total. The van der Waals surface area contributed by atoms with E-state index in [-0.39, 0.29) is 18.3 Å². The Morgan fingerprint density at radius 3 is 2.76 bits per heavy atom. The zero-order valence-electron chi connectivity index (χ0n) is 11.7. The van der Waals surface area contributed by atoms with Crippen molar-refractivity contribution in [3.05, 3.63) is 59.9 Å². The summed E-state index contributed by atoms with van der Waals surface area (Å²) in [4.78, 5) is 11.8. The molecule has 0 saturated carbocycles. The van der Waals surface area contributed by atoms with Gasteiger partial charge in [0, 0.05) is 17.8 Å². The van der Waals surface area contributed by atoms with Crippen molar-refractivity contribution in [2.75, 3.05) is 19.0 Å². The Labute approximate surface area is 122 Å². The molecule has 0 aromatic heterocycles. The fourth-order valence-corrected chi connectivity index (χ4v) is 1.89. The summed E-state index contributed by atoms with van der Waals surface area (Å²) in [5.74, 6) is 0.218. The van der Waals surface area contributed by atoms with Gasteiger partial charge in [0.25, 0.3) is 0 Å². The van der Waals surface area contributed by atoms with E-state index >= 15 is 0 Å². The highest BCUT2D eigenvalue weighted by atomic mass is 19.1. The number of anilines is 1. The normalized spacial score (nSPS) is 10.0. The number of nitrogens with one attached hydrogen (secondary N) is 2. The molecule has 2 N–H and O–H groups in total. The van der Waals surface area contributed by atoms with Gasteiger partial charge < -0.3 is 15.4 Å². The lowest BCUT2D eigenvalue weighted by Gasteiger charge is -2.10. The lowest BCUT2D eigenvalue weighted by atomic mass is 10.2. The van der Waals surface area contributed by atoms with Crippen molar-refractivity contribution in [3.8, 4) is 5.75 Å². The second kappa shape index (κ2) is 7.28. The average Bonchev–Trinajstić information content (AvgIpc) is 2.51. The van der Waals surface area contributed by atoms with Crippen molar-refractivity contribution in [1.82, 2.24) is 5.32 Å². The minimum absolute atomic E-state index is 0.0819. The summed E-state index contributed by atoms with van der Waals surface area (Å²) in [5.41, 5.74) is 1.47. The summed E-state index contributed by atoms with van der Waals surface area (Å²) in [6.07, 6.45) is 0. The van der Waals surface area contributed by atoms with Crippen LogP contribution in [0, 0.1) is 5.82 Å². The molecule has 2 aromatic rings. The van der Waals surface area contributed by atoms with E-state index in [0.29, 0.717) is 12.2 Å². The molecule has 21 heavy (non-hydrogen) atoms. The molecular weight excluding hydrogens is 271 g/mol. The standard InChI is InChI=1S/C16H17FN2O2/c1-21-15-8-3-2-5-12(15)10-19-16(20)11-18-14-7-4-6-13(17)9-14/h2-9,18H,10-11H2,1H3,(H,19,20). The van der Waals surface area contributed by atoms with Crippen LogP contribution >= 0.6 is 0 Å². The highest BCUT2D eigenvalue weighted by molar-refractivity contribution is 5.80. The Kier molecular flexibility index (Phi) is 5.15. The third kappa shape index (κ3) is 4.49. The van der Waals surface area contributed by atoms with E-state index in [1.54, 1.807) is 19.2 Å². The van der Waals surface area contributed by atoms with E-state index in [2.05, 4.69) is 10.6 Å². The number of ether oxygens (including phenoxy) is 1. The van der Waals surface area contributed by atoms with Gasteiger partial charge in [0.2, 0.25) is 5.91 Å². The molecule has 0 aliphatic carbocycles. The van der Waals surface area contributed by atoms with Crippen LogP contribution in [0.3, 0.4) is 0 Å². The second-order valence-electron chi connectivity index (χ2n) is 4.45. The maximum absolute atomic E-state index is 13.0. The van der Waals surface area contributed by atoms with Crippen LogP contribution < -0.4 is 15.4 Å². The molecule has 0 bridgehead atoms. The van der Waals surface area contributed by atoms with E-state index in [1.165, 1.54) is 12.1 Å². The molecule has 0 aliphatic rings. The van der Waals surface area contributed by atoms with Crippen molar-refractivity contribution >= 4 is 11.6 Å². The summed E-state index contributed by atoms with van der Waals surface area (Å²) in [5, 5.41) is 5.65. The first-order chi connectivity index (χ1) is 10.2. The molecule has 1 amide bonds. The second-order valence-corrected chi connectivity index (χ2v) is 4.45.